The molecule has 0 saturated heterocycles. The molecule has 0 spiro atoms. The second kappa shape index (κ2) is 8.50. The molecule has 1 aliphatic heterocycles. The van der Waals surface area contributed by atoms with Gasteiger partial charge in [-0.1, -0.05) is 0 Å². The van der Waals surface area contributed by atoms with Crippen LogP contribution in [-0.4, -0.2) is 45.5 Å². The standard InChI is InChI=1S/C22H33N3O3/c1-5-24(21(27)28-22(2,3)4)11-9-17-12-16(17)6-7-20(26)25-14-18-8-10-23-13-19(18)15-25/h8,10,13,16-17H,5-7,9,11-12,14-15H2,1-4H3/i2D3,3D3,4D3. The summed E-state index contributed by atoms with van der Waals surface area (Å²) in [5, 5.41) is 0. The molecule has 2 amide bonds. The number of carbonyl (C=O) groups is 2. The van der Waals surface area contributed by atoms with Gasteiger partial charge in [-0.3, -0.25) is 9.78 Å². The molecule has 0 N–H and O–H groups in total. The highest BCUT2D eigenvalue weighted by Gasteiger charge is 2.37. The second-order valence-electron chi connectivity index (χ2n) is 7.61. The molecule has 0 bridgehead atoms. The van der Waals surface area contributed by atoms with Crippen molar-refractivity contribution >= 4 is 12.0 Å². The second-order valence-corrected chi connectivity index (χ2v) is 7.61. The predicted octanol–water partition coefficient (Wildman–Crippen LogP) is 3.99. The van der Waals surface area contributed by atoms with Crippen LogP contribution in [-0.2, 0) is 22.6 Å². The largest absolute Gasteiger partial charge is 0.444 e. The highest BCUT2D eigenvalue weighted by atomic mass is 16.6. The zero-order chi connectivity index (χ0) is 27.8. The Morgan fingerprint density at radius 1 is 1.29 bits per heavy atom. The molecule has 2 heterocycles. The van der Waals surface area contributed by atoms with E-state index < -0.39 is 32.2 Å². The van der Waals surface area contributed by atoms with Crippen LogP contribution in [0.1, 0.15) is 76.6 Å². The molecule has 0 radical (unpaired) electrons. The zero-order valence-corrected chi connectivity index (χ0v) is 16.1. The third kappa shape index (κ3) is 5.46. The van der Waals surface area contributed by atoms with Gasteiger partial charge in [-0.05, 0) is 75.8 Å². The Balaban J connectivity index is 1.51. The number of hydrogen-bond donors (Lipinski definition) is 0. The molecule has 154 valence electrons. The van der Waals surface area contributed by atoms with Crippen LogP contribution in [0.5, 0.6) is 0 Å². The van der Waals surface area contributed by atoms with E-state index in [2.05, 4.69) is 4.98 Å². The molecule has 1 aromatic rings. The lowest BCUT2D eigenvalue weighted by atomic mass is 10.1. The number of carbonyl (C=O) groups excluding carboxylic acids is 2. The van der Waals surface area contributed by atoms with Gasteiger partial charge < -0.3 is 14.5 Å². The maximum absolute atomic E-state index is 12.8. The van der Waals surface area contributed by atoms with Crippen LogP contribution in [0.15, 0.2) is 18.5 Å². The Hall–Kier alpha value is -2.11. The van der Waals surface area contributed by atoms with Gasteiger partial charge in [0, 0.05) is 57.3 Å². The predicted molar refractivity (Wildman–Crippen MR) is 107 cm³/mol. The Morgan fingerprint density at radius 3 is 2.75 bits per heavy atom. The number of hydrogen-bond acceptors (Lipinski definition) is 4. The van der Waals surface area contributed by atoms with Gasteiger partial charge >= 0.3 is 6.09 Å². The number of ether oxygens (including phenoxy) is 1. The van der Waals surface area contributed by atoms with Crippen molar-refractivity contribution in [2.24, 2.45) is 11.8 Å². The minimum absolute atomic E-state index is 0.0796. The average Bonchev–Trinajstić information content (AvgIpc) is 3.37. The van der Waals surface area contributed by atoms with Crippen LogP contribution in [0.2, 0.25) is 0 Å². The van der Waals surface area contributed by atoms with E-state index in [4.69, 9.17) is 17.1 Å². The van der Waals surface area contributed by atoms with Crippen LogP contribution in [0.3, 0.4) is 0 Å². The SMILES string of the molecule is [2H]C([2H])([2H])C(OC(=O)N(CC)CCC1CC1CCC(=O)N1Cc2ccncc2C1)(C([2H])([2H])[2H])C([2H])([2H])[2H]. The van der Waals surface area contributed by atoms with Gasteiger partial charge in [0.1, 0.15) is 5.60 Å². The summed E-state index contributed by atoms with van der Waals surface area (Å²) >= 11 is 0. The highest BCUT2D eigenvalue weighted by molar-refractivity contribution is 5.77. The van der Waals surface area contributed by atoms with Crippen LogP contribution < -0.4 is 0 Å². The number of fused-ring (bicyclic) bond motifs is 1. The maximum Gasteiger partial charge on any atom is 0.410 e. The molecule has 2 aliphatic rings. The Bertz CT molecular complexity index is 933. The number of aromatic nitrogens is 1. The fourth-order valence-electron chi connectivity index (χ4n) is 3.78. The van der Waals surface area contributed by atoms with Crippen molar-refractivity contribution in [3.63, 3.8) is 0 Å². The number of nitrogens with zero attached hydrogens (tertiary/aromatic N) is 3. The van der Waals surface area contributed by atoms with Crippen LogP contribution in [0, 0.1) is 11.8 Å². The molecule has 1 aromatic heterocycles. The number of rotatable bonds is 7. The summed E-state index contributed by atoms with van der Waals surface area (Å²) in [6.07, 6.45) is 4.76. The molecule has 2 atom stereocenters. The minimum Gasteiger partial charge on any atom is -0.444 e. The summed E-state index contributed by atoms with van der Waals surface area (Å²) in [6.45, 7) is -7.85. The molecule has 0 aromatic carbocycles. The van der Waals surface area contributed by atoms with E-state index in [9.17, 15) is 9.59 Å². The first-order valence-corrected chi connectivity index (χ1v) is 9.69. The Morgan fingerprint density at radius 2 is 2.04 bits per heavy atom. The van der Waals surface area contributed by atoms with Gasteiger partial charge in [0.05, 0.1) is 0 Å². The minimum atomic E-state index is -3.65. The topological polar surface area (TPSA) is 62.7 Å². The van der Waals surface area contributed by atoms with Gasteiger partial charge in [-0.25, -0.2) is 4.79 Å². The van der Waals surface area contributed by atoms with E-state index >= 15 is 0 Å². The smallest absolute Gasteiger partial charge is 0.410 e. The lowest BCUT2D eigenvalue weighted by Gasteiger charge is -2.26. The molecule has 6 heteroatoms. The van der Waals surface area contributed by atoms with Crippen LogP contribution in [0.25, 0.3) is 0 Å². The summed E-state index contributed by atoms with van der Waals surface area (Å²) in [5.74, 6) is 0.653. The van der Waals surface area contributed by atoms with Crippen molar-refractivity contribution in [2.75, 3.05) is 13.1 Å². The maximum atomic E-state index is 12.8. The number of pyridine rings is 1. The van der Waals surface area contributed by atoms with E-state index in [1.165, 1.54) is 0 Å². The van der Waals surface area contributed by atoms with E-state index in [1.807, 2.05) is 11.0 Å². The molecule has 6 nitrogen and oxygen atoms in total. The molecular formula is C22H33N3O3. The van der Waals surface area contributed by atoms with Crippen LogP contribution in [0.4, 0.5) is 4.79 Å². The van der Waals surface area contributed by atoms with E-state index in [0.717, 1.165) is 22.4 Å². The number of amides is 2. The average molecular weight is 397 g/mol. The van der Waals surface area contributed by atoms with Gasteiger partial charge in [-0.15, -0.1) is 0 Å². The van der Waals surface area contributed by atoms with E-state index in [-0.39, 0.29) is 24.9 Å². The van der Waals surface area contributed by atoms with Crippen molar-refractivity contribution in [3.8, 4) is 0 Å². The van der Waals surface area contributed by atoms with E-state index in [1.54, 1.807) is 19.3 Å². The lowest BCUT2D eigenvalue weighted by Crippen LogP contribution is -2.37. The van der Waals surface area contributed by atoms with Crippen molar-refractivity contribution in [1.82, 2.24) is 14.8 Å². The monoisotopic (exact) mass is 396 g/mol. The first kappa shape index (κ1) is 11.8. The summed E-state index contributed by atoms with van der Waals surface area (Å²) < 4.78 is 73.4. The van der Waals surface area contributed by atoms with Gasteiger partial charge in [0.15, 0.2) is 0 Å². The summed E-state index contributed by atoms with van der Waals surface area (Å²) in [4.78, 5) is 32.5. The molecule has 2 unspecified atom stereocenters. The zero-order valence-electron chi connectivity index (χ0n) is 25.1. The van der Waals surface area contributed by atoms with Crippen molar-refractivity contribution in [3.05, 3.63) is 29.6 Å². The molecular weight excluding hydrogens is 354 g/mol. The van der Waals surface area contributed by atoms with Crippen LogP contribution >= 0.6 is 0 Å². The quantitative estimate of drug-likeness (QED) is 0.699. The fraction of sp³-hybridized carbons (Fsp3) is 0.682. The highest BCUT2D eigenvalue weighted by Crippen LogP contribution is 2.44. The summed E-state index contributed by atoms with van der Waals surface area (Å²) in [6, 6.07) is 1.92. The first-order valence-electron chi connectivity index (χ1n) is 14.2. The third-order valence-corrected chi connectivity index (χ3v) is 5.53. The molecule has 28 heavy (non-hydrogen) atoms. The molecule has 1 saturated carbocycles. The summed E-state index contributed by atoms with van der Waals surface area (Å²) in [7, 11) is 0. The van der Waals surface area contributed by atoms with Crippen molar-refractivity contribution in [2.45, 2.75) is 71.9 Å². The van der Waals surface area contributed by atoms with Gasteiger partial charge in [-0.2, -0.15) is 0 Å². The van der Waals surface area contributed by atoms with Gasteiger partial charge in [0.2, 0.25) is 5.91 Å². The van der Waals surface area contributed by atoms with Gasteiger partial charge in [0.25, 0.3) is 0 Å². The lowest BCUT2D eigenvalue weighted by molar-refractivity contribution is -0.132. The molecule has 1 fully saturated rings. The normalized spacial score (nSPS) is 26.8. The molecule has 1 aliphatic carbocycles. The molecule has 3 rings (SSSR count). The Kier molecular flexibility index (Phi) is 3.58. The fourth-order valence-corrected chi connectivity index (χ4v) is 3.78. The van der Waals surface area contributed by atoms with Crippen molar-refractivity contribution < 1.29 is 26.7 Å². The summed E-state index contributed by atoms with van der Waals surface area (Å²) in [5.41, 5.74) is -1.48. The first-order chi connectivity index (χ1) is 17.0. The third-order valence-electron chi connectivity index (χ3n) is 5.53. The Labute approximate surface area is 180 Å². The van der Waals surface area contributed by atoms with E-state index in [0.29, 0.717) is 38.3 Å². The van der Waals surface area contributed by atoms with Crippen molar-refractivity contribution in [1.29, 1.82) is 0 Å².